The van der Waals surface area contributed by atoms with Gasteiger partial charge in [0.1, 0.15) is 17.4 Å². The number of halogens is 1. The number of carbonyl (C=O) groups is 1. The van der Waals surface area contributed by atoms with E-state index in [0.717, 1.165) is 16.5 Å². The van der Waals surface area contributed by atoms with E-state index in [0.29, 0.717) is 10.9 Å². The normalized spacial score (nSPS) is 12.4. The van der Waals surface area contributed by atoms with Crippen molar-refractivity contribution in [2.75, 3.05) is 0 Å². The van der Waals surface area contributed by atoms with Crippen molar-refractivity contribution < 1.29 is 9.18 Å². The van der Waals surface area contributed by atoms with Crippen LogP contribution in [0.3, 0.4) is 0 Å². The van der Waals surface area contributed by atoms with Crippen molar-refractivity contribution in [3.63, 3.8) is 0 Å². The van der Waals surface area contributed by atoms with E-state index in [-0.39, 0.29) is 23.8 Å². The number of hydrogen-bond acceptors (Lipinski definition) is 3. The number of rotatable bonds is 4. The third-order valence-corrected chi connectivity index (χ3v) is 4.67. The summed E-state index contributed by atoms with van der Waals surface area (Å²) < 4.78 is 14.7. The van der Waals surface area contributed by atoms with Crippen LogP contribution in [0.5, 0.6) is 0 Å². The van der Waals surface area contributed by atoms with Gasteiger partial charge in [0, 0.05) is 17.3 Å². The van der Waals surface area contributed by atoms with Gasteiger partial charge >= 0.3 is 0 Å². The van der Waals surface area contributed by atoms with Gasteiger partial charge in [0.15, 0.2) is 0 Å². The molecule has 0 spiro atoms. The molecule has 7 heteroatoms. The minimum atomic E-state index is -0.614. The van der Waals surface area contributed by atoms with E-state index in [4.69, 9.17) is 0 Å². The maximum atomic E-state index is 13.0. The lowest BCUT2D eigenvalue weighted by Crippen LogP contribution is -2.31. The van der Waals surface area contributed by atoms with Gasteiger partial charge in [-0.15, -0.1) is 0 Å². The van der Waals surface area contributed by atoms with Crippen molar-refractivity contribution in [3.8, 4) is 0 Å². The summed E-state index contributed by atoms with van der Waals surface area (Å²) in [5.74, 6) is -0.560. The Labute approximate surface area is 153 Å². The zero-order valence-corrected chi connectivity index (χ0v) is 14.6. The highest BCUT2D eigenvalue weighted by molar-refractivity contribution is 6.08. The van der Waals surface area contributed by atoms with Crippen molar-refractivity contribution in [3.05, 3.63) is 76.5 Å². The van der Waals surface area contributed by atoms with Crippen molar-refractivity contribution >= 4 is 27.7 Å². The van der Waals surface area contributed by atoms with Gasteiger partial charge in [-0.2, -0.15) is 5.10 Å². The second-order valence-corrected chi connectivity index (χ2v) is 6.37. The monoisotopic (exact) mass is 364 g/mol. The first-order valence-corrected chi connectivity index (χ1v) is 8.54. The van der Waals surface area contributed by atoms with E-state index in [9.17, 15) is 14.0 Å². The van der Waals surface area contributed by atoms with Gasteiger partial charge in [0.05, 0.1) is 11.7 Å². The molecule has 0 aliphatic carbocycles. The average molecular weight is 364 g/mol. The Morgan fingerprint density at radius 1 is 1.19 bits per heavy atom. The quantitative estimate of drug-likeness (QED) is 0.584. The Balaban J connectivity index is 1.71. The Morgan fingerprint density at radius 2 is 1.93 bits per heavy atom. The molecule has 0 radical (unpaired) electrons. The van der Waals surface area contributed by atoms with Gasteiger partial charge in [-0.25, -0.2) is 9.49 Å². The molecule has 0 saturated carbocycles. The summed E-state index contributed by atoms with van der Waals surface area (Å²) in [5.41, 5.74) is 1.65. The average Bonchev–Trinajstić information content (AvgIpc) is 3.02. The molecule has 6 nitrogen and oxygen atoms in total. The number of carbonyl (C=O) groups excluding carboxylic acids is 1. The van der Waals surface area contributed by atoms with E-state index in [1.807, 2.05) is 24.3 Å². The van der Waals surface area contributed by atoms with Crippen LogP contribution in [-0.4, -0.2) is 20.7 Å². The molecule has 2 aromatic heterocycles. The molecule has 1 atom stereocenters. The smallest absolute Gasteiger partial charge is 0.288 e. The van der Waals surface area contributed by atoms with E-state index in [1.165, 1.54) is 12.1 Å². The summed E-state index contributed by atoms with van der Waals surface area (Å²) in [7, 11) is 0. The Kier molecular flexibility index (Phi) is 4.19. The fourth-order valence-corrected chi connectivity index (χ4v) is 3.32. The molecule has 27 heavy (non-hydrogen) atoms. The number of nitrogens with zero attached hydrogens (tertiary/aromatic N) is 2. The van der Waals surface area contributed by atoms with Crippen molar-refractivity contribution in [1.29, 1.82) is 0 Å². The van der Waals surface area contributed by atoms with Gasteiger partial charge in [-0.05, 0) is 30.7 Å². The Morgan fingerprint density at radius 3 is 2.70 bits per heavy atom. The van der Waals surface area contributed by atoms with Crippen LogP contribution in [0, 0.1) is 5.82 Å². The molecule has 0 aliphatic rings. The second kappa shape index (κ2) is 6.68. The van der Waals surface area contributed by atoms with Crippen LogP contribution in [-0.2, 0) is 11.3 Å². The largest absolute Gasteiger partial charge is 0.350 e. The van der Waals surface area contributed by atoms with Crippen LogP contribution >= 0.6 is 0 Å². The highest BCUT2D eigenvalue weighted by Gasteiger charge is 2.22. The summed E-state index contributed by atoms with van der Waals surface area (Å²) >= 11 is 0. The summed E-state index contributed by atoms with van der Waals surface area (Å²) in [6.07, 6.45) is 1.60. The zero-order chi connectivity index (χ0) is 19.0. The molecule has 0 fully saturated rings. The van der Waals surface area contributed by atoms with Crippen molar-refractivity contribution in [2.24, 2.45) is 0 Å². The standard InChI is InChI=1S/C20H17FN4O2/c1-12(19(26)22-10-13-6-8-14(21)9-7-13)25-17-5-3-2-4-15(17)16-11-23-24-20(27)18(16)25/h2-9,11-12H,10H2,1H3,(H,22,26)(H,24,27)/t12-/m0/s1. The number of aromatic nitrogens is 3. The molecule has 2 aromatic carbocycles. The van der Waals surface area contributed by atoms with E-state index >= 15 is 0 Å². The highest BCUT2D eigenvalue weighted by Crippen LogP contribution is 2.29. The van der Waals surface area contributed by atoms with Gasteiger partial charge in [0.25, 0.3) is 5.56 Å². The first kappa shape index (κ1) is 17.0. The van der Waals surface area contributed by atoms with Gasteiger partial charge in [-0.3, -0.25) is 9.59 Å². The lowest BCUT2D eigenvalue weighted by atomic mass is 10.2. The molecule has 0 bridgehead atoms. The van der Waals surface area contributed by atoms with Crippen LogP contribution in [0.1, 0.15) is 18.5 Å². The Bertz CT molecular complexity index is 1190. The summed E-state index contributed by atoms with van der Waals surface area (Å²) in [5, 5.41) is 10.7. The molecule has 1 amide bonds. The third-order valence-electron chi connectivity index (χ3n) is 4.67. The van der Waals surface area contributed by atoms with Gasteiger partial charge in [-0.1, -0.05) is 30.3 Å². The predicted octanol–water partition coefficient (Wildman–Crippen LogP) is 2.89. The molecule has 4 rings (SSSR count). The van der Waals surface area contributed by atoms with Crippen LogP contribution in [0.2, 0.25) is 0 Å². The summed E-state index contributed by atoms with van der Waals surface area (Å²) in [4.78, 5) is 25.1. The third kappa shape index (κ3) is 2.97. The first-order chi connectivity index (χ1) is 13.1. The number of fused-ring (bicyclic) bond motifs is 3. The summed E-state index contributed by atoms with van der Waals surface area (Å²) in [6, 6.07) is 12.9. The SMILES string of the molecule is C[C@@H](C(=O)NCc1ccc(F)cc1)n1c2ccccc2c2cn[nH]c(=O)c21. The van der Waals surface area contributed by atoms with Gasteiger partial charge in [0.2, 0.25) is 5.91 Å². The van der Waals surface area contributed by atoms with E-state index in [1.54, 1.807) is 29.8 Å². The van der Waals surface area contributed by atoms with Crippen LogP contribution in [0.25, 0.3) is 21.8 Å². The molecule has 136 valence electrons. The number of benzene rings is 2. The maximum Gasteiger partial charge on any atom is 0.288 e. The van der Waals surface area contributed by atoms with Crippen LogP contribution in [0.4, 0.5) is 4.39 Å². The minimum Gasteiger partial charge on any atom is -0.350 e. The summed E-state index contributed by atoms with van der Waals surface area (Å²) in [6.45, 7) is 2.02. The molecular weight excluding hydrogens is 347 g/mol. The number of nitrogens with one attached hydrogen (secondary N) is 2. The minimum absolute atomic E-state index is 0.238. The lowest BCUT2D eigenvalue weighted by molar-refractivity contribution is -0.123. The molecule has 0 unspecified atom stereocenters. The zero-order valence-electron chi connectivity index (χ0n) is 14.6. The lowest BCUT2D eigenvalue weighted by Gasteiger charge is -2.16. The Hall–Kier alpha value is -3.48. The molecule has 4 aromatic rings. The predicted molar refractivity (Wildman–Crippen MR) is 101 cm³/mol. The van der Waals surface area contributed by atoms with Crippen molar-refractivity contribution in [2.45, 2.75) is 19.5 Å². The number of H-pyrrole nitrogens is 1. The number of hydrogen-bond donors (Lipinski definition) is 2. The molecular formula is C20H17FN4O2. The van der Waals surface area contributed by atoms with E-state index < -0.39 is 6.04 Å². The molecule has 2 N–H and O–H groups in total. The number of para-hydroxylation sites is 1. The molecule has 0 saturated heterocycles. The number of amides is 1. The van der Waals surface area contributed by atoms with E-state index in [2.05, 4.69) is 15.5 Å². The fraction of sp³-hybridized carbons (Fsp3) is 0.150. The molecule has 0 aliphatic heterocycles. The highest BCUT2D eigenvalue weighted by atomic mass is 19.1. The van der Waals surface area contributed by atoms with Crippen LogP contribution in [0.15, 0.2) is 59.5 Å². The maximum absolute atomic E-state index is 13.0. The van der Waals surface area contributed by atoms with Gasteiger partial charge < -0.3 is 9.88 Å². The van der Waals surface area contributed by atoms with Crippen LogP contribution < -0.4 is 10.9 Å². The fourth-order valence-electron chi connectivity index (χ4n) is 3.32. The first-order valence-electron chi connectivity index (χ1n) is 8.54. The number of aromatic amines is 1. The van der Waals surface area contributed by atoms with Crippen molar-refractivity contribution in [1.82, 2.24) is 20.1 Å². The topological polar surface area (TPSA) is 79.8 Å². The molecule has 2 heterocycles. The second-order valence-electron chi connectivity index (χ2n) is 6.37.